The van der Waals surface area contributed by atoms with Crippen molar-refractivity contribution in [3.8, 4) is 0 Å². The lowest BCUT2D eigenvalue weighted by molar-refractivity contribution is 0.0463. The van der Waals surface area contributed by atoms with E-state index >= 15 is 0 Å². The molecule has 0 radical (unpaired) electrons. The summed E-state index contributed by atoms with van der Waals surface area (Å²) >= 11 is 1.50. The highest BCUT2D eigenvalue weighted by Crippen LogP contribution is 2.12. The van der Waals surface area contributed by atoms with Gasteiger partial charge in [-0.25, -0.2) is 0 Å². The van der Waals surface area contributed by atoms with Gasteiger partial charge in [0, 0.05) is 19.6 Å². The second-order valence-corrected chi connectivity index (χ2v) is 4.68. The summed E-state index contributed by atoms with van der Waals surface area (Å²) < 4.78 is 10.7. The fraction of sp³-hybridized carbons (Fsp3) is 0.615. The Kier molecular flexibility index (Phi) is 7.88. The molecule has 0 N–H and O–H groups in total. The van der Waals surface area contributed by atoms with Crippen LogP contribution >= 0.6 is 11.3 Å². The van der Waals surface area contributed by atoms with E-state index in [0.29, 0.717) is 26.2 Å². The van der Waals surface area contributed by atoms with Crippen LogP contribution in [0.2, 0.25) is 0 Å². The Hall–Kier alpha value is -0.710. The minimum atomic E-state index is 0.214. The Morgan fingerprint density at radius 1 is 1.24 bits per heavy atom. The lowest BCUT2D eigenvalue weighted by Crippen LogP contribution is -2.07. The maximum absolute atomic E-state index is 11.6. The second kappa shape index (κ2) is 9.33. The SMILES string of the molecule is CCCOCCOCCCC(=O)c1cccs1. The van der Waals surface area contributed by atoms with Crippen LogP contribution in [-0.4, -0.2) is 32.2 Å². The number of carbonyl (C=O) groups is 1. The van der Waals surface area contributed by atoms with E-state index in [1.165, 1.54) is 11.3 Å². The van der Waals surface area contributed by atoms with Gasteiger partial charge >= 0.3 is 0 Å². The molecular weight excluding hydrogens is 236 g/mol. The standard InChI is InChI=1S/C13H20O3S/c1-2-7-15-9-10-16-8-3-5-12(14)13-6-4-11-17-13/h4,6,11H,2-3,5,7-10H2,1H3. The molecule has 0 aliphatic carbocycles. The molecule has 96 valence electrons. The smallest absolute Gasteiger partial charge is 0.172 e. The molecule has 0 amide bonds. The van der Waals surface area contributed by atoms with Crippen LogP contribution in [0.1, 0.15) is 35.9 Å². The molecule has 0 saturated carbocycles. The van der Waals surface area contributed by atoms with E-state index in [2.05, 4.69) is 6.92 Å². The summed E-state index contributed by atoms with van der Waals surface area (Å²) in [5.74, 6) is 0.214. The Labute approximate surface area is 107 Å². The first-order chi connectivity index (χ1) is 8.34. The van der Waals surface area contributed by atoms with Gasteiger partial charge in [-0.1, -0.05) is 13.0 Å². The Morgan fingerprint density at radius 2 is 2.00 bits per heavy atom. The van der Waals surface area contributed by atoms with E-state index in [9.17, 15) is 4.79 Å². The third-order valence-corrected chi connectivity index (χ3v) is 3.12. The summed E-state index contributed by atoms with van der Waals surface area (Å²) in [6, 6.07) is 3.77. The number of ether oxygens (including phenoxy) is 2. The van der Waals surface area contributed by atoms with Gasteiger partial charge in [0.1, 0.15) is 0 Å². The maximum atomic E-state index is 11.6. The molecule has 0 saturated heterocycles. The first-order valence-corrected chi connectivity index (χ1v) is 6.94. The molecule has 0 fully saturated rings. The van der Waals surface area contributed by atoms with Crippen molar-refractivity contribution in [2.75, 3.05) is 26.4 Å². The molecule has 0 aliphatic rings. The zero-order valence-electron chi connectivity index (χ0n) is 10.3. The lowest BCUT2D eigenvalue weighted by Gasteiger charge is -2.04. The fourth-order valence-electron chi connectivity index (χ4n) is 1.36. The molecule has 1 aromatic heterocycles. The van der Waals surface area contributed by atoms with Gasteiger partial charge in [0.25, 0.3) is 0 Å². The van der Waals surface area contributed by atoms with Gasteiger partial charge in [0.2, 0.25) is 0 Å². The summed E-state index contributed by atoms with van der Waals surface area (Å²) in [6.07, 6.45) is 2.39. The number of hydrogen-bond donors (Lipinski definition) is 0. The predicted octanol–water partition coefficient (Wildman–Crippen LogP) is 3.15. The molecule has 1 aromatic rings. The van der Waals surface area contributed by atoms with Crippen LogP contribution < -0.4 is 0 Å². The van der Waals surface area contributed by atoms with Crippen LogP contribution in [0, 0.1) is 0 Å². The van der Waals surface area contributed by atoms with Gasteiger partial charge in [-0.15, -0.1) is 11.3 Å². The summed E-state index contributed by atoms with van der Waals surface area (Å²) in [5, 5.41) is 1.93. The number of thiophene rings is 1. The minimum absolute atomic E-state index is 0.214. The number of rotatable bonds is 10. The third kappa shape index (κ3) is 6.56. The highest BCUT2D eigenvalue weighted by Gasteiger charge is 2.05. The van der Waals surface area contributed by atoms with Gasteiger partial charge in [0.05, 0.1) is 18.1 Å². The van der Waals surface area contributed by atoms with Crippen molar-refractivity contribution >= 4 is 17.1 Å². The monoisotopic (exact) mass is 256 g/mol. The molecule has 0 atom stereocenters. The summed E-state index contributed by atoms with van der Waals surface area (Å²) in [4.78, 5) is 12.5. The van der Waals surface area contributed by atoms with Crippen molar-refractivity contribution in [3.63, 3.8) is 0 Å². The van der Waals surface area contributed by atoms with E-state index in [0.717, 1.165) is 24.3 Å². The molecule has 1 heterocycles. The van der Waals surface area contributed by atoms with Crippen molar-refractivity contribution in [3.05, 3.63) is 22.4 Å². The molecule has 17 heavy (non-hydrogen) atoms. The van der Waals surface area contributed by atoms with Crippen LogP contribution in [0.25, 0.3) is 0 Å². The van der Waals surface area contributed by atoms with Crippen molar-refractivity contribution in [2.45, 2.75) is 26.2 Å². The van der Waals surface area contributed by atoms with E-state index in [-0.39, 0.29) is 5.78 Å². The van der Waals surface area contributed by atoms with Crippen molar-refractivity contribution in [1.82, 2.24) is 0 Å². The second-order valence-electron chi connectivity index (χ2n) is 3.73. The minimum Gasteiger partial charge on any atom is -0.379 e. The summed E-state index contributed by atoms with van der Waals surface area (Å²) in [5.41, 5.74) is 0. The topological polar surface area (TPSA) is 35.5 Å². The molecular formula is C13H20O3S. The van der Waals surface area contributed by atoms with Gasteiger partial charge in [-0.2, -0.15) is 0 Å². The van der Waals surface area contributed by atoms with Crippen LogP contribution in [-0.2, 0) is 9.47 Å². The van der Waals surface area contributed by atoms with Gasteiger partial charge in [0.15, 0.2) is 5.78 Å². The zero-order valence-corrected chi connectivity index (χ0v) is 11.1. The van der Waals surface area contributed by atoms with E-state index < -0.39 is 0 Å². The Morgan fingerprint density at radius 3 is 2.65 bits per heavy atom. The Balaban J connectivity index is 1.92. The third-order valence-electron chi connectivity index (χ3n) is 2.21. The first kappa shape index (κ1) is 14.4. The number of Topliss-reactive ketones (excluding diaryl/α,β-unsaturated/α-hetero) is 1. The zero-order chi connectivity index (χ0) is 12.3. The van der Waals surface area contributed by atoms with Crippen molar-refractivity contribution in [2.24, 2.45) is 0 Å². The largest absolute Gasteiger partial charge is 0.379 e. The van der Waals surface area contributed by atoms with Crippen molar-refractivity contribution < 1.29 is 14.3 Å². The van der Waals surface area contributed by atoms with Gasteiger partial charge in [-0.05, 0) is 24.3 Å². The van der Waals surface area contributed by atoms with Crippen LogP contribution in [0.3, 0.4) is 0 Å². The van der Waals surface area contributed by atoms with Crippen LogP contribution in [0.15, 0.2) is 17.5 Å². The molecule has 0 unspecified atom stereocenters. The normalized spacial score (nSPS) is 10.6. The van der Waals surface area contributed by atoms with Gasteiger partial charge in [-0.3, -0.25) is 4.79 Å². The molecule has 4 heteroatoms. The first-order valence-electron chi connectivity index (χ1n) is 6.06. The average molecular weight is 256 g/mol. The number of carbonyl (C=O) groups excluding carboxylic acids is 1. The van der Waals surface area contributed by atoms with Crippen LogP contribution in [0.5, 0.6) is 0 Å². The highest BCUT2D eigenvalue weighted by atomic mass is 32.1. The lowest BCUT2D eigenvalue weighted by atomic mass is 10.2. The van der Waals surface area contributed by atoms with Gasteiger partial charge < -0.3 is 9.47 Å². The number of ketones is 1. The molecule has 0 bridgehead atoms. The quantitative estimate of drug-likeness (QED) is 0.476. The maximum Gasteiger partial charge on any atom is 0.172 e. The molecule has 0 aliphatic heterocycles. The highest BCUT2D eigenvalue weighted by molar-refractivity contribution is 7.12. The molecule has 0 spiro atoms. The molecule has 0 aromatic carbocycles. The molecule has 1 rings (SSSR count). The number of hydrogen-bond acceptors (Lipinski definition) is 4. The fourth-order valence-corrected chi connectivity index (χ4v) is 2.06. The molecule has 3 nitrogen and oxygen atoms in total. The predicted molar refractivity (Wildman–Crippen MR) is 69.8 cm³/mol. The van der Waals surface area contributed by atoms with Crippen molar-refractivity contribution in [1.29, 1.82) is 0 Å². The summed E-state index contributed by atoms with van der Waals surface area (Å²) in [7, 11) is 0. The Bertz CT molecular complexity index is 296. The van der Waals surface area contributed by atoms with E-state index in [1.807, 2.05) is 17.5 Å². The summed E-state index contributed by atoms with van der Waals surface area (Å²) in [6.45, 7) is 4.77. The average Bonchev–Trinajstić information content (AvgIpc) is 2.86. The van der Waals surface area contributed by atoms with E-state index in [1.54, 1.807) is 0 Å². The van der Waals surface area contributed by atoms with Crippen LogP contribution in [0.4, 0.5) is 0 Å². The van der Waals surface area contributed by atoms with E-state index in [4.69, 9.17) is 9.47 Å².